The van der Waals surface area contributed by atoms with Gasteiger partial charge in [-0.25, -0.2) is 4.39 Å². The van der Waals surface area contributed by atoms with Gasteiger partial charge >= 0.3 is 0 Å². The predicted molar refractivity (Wildman–Crippen MR) is 60.5 cm³/mol. The average Bonchev–Trinajstić information content (AvgIpc) is 2.26. The van der Waals surface area contributed by atoms with Gasteiger partial charge in [-0.05, 0) is 31.5 Å². The first-order chi connectivity index (χ1) is 7.50. The Labute approximate surface area is 94.9 Å². The number of rotatable bonds is 5. The molecule has 0 saturated carbocycles. The van der Waals surface area contributed by atoms with E-state index in [0.29, 0.717) is 12.1 Å². The highest BCUT2D eigenvalue weighted by Crippen LogP contribution is 2.16. The minimum absolute atomic E-state index is 0.194. The van der Waals surface area contributed by atoms with Crippen molar-refractivity contribution in [3.05, 3.63) is 35.6 Å². The highest BCUT2D eigenvalue weighted by molar-refractivity contribution is 5.19. The summed E-state index contributed by atoms with van der Waals surface area (Å²) in [4.78, 5) is 0. The van der Waals surface area contributed by atoms with E-state index < -0.39 is 12.2 Å². The summed E-state index contributed by atoms with van der Waals surface area (Å²) < 4.78 is 12.7. The second-order valence-corrected chi connectivity index (χ2v) is 4.04. The molecule has 4 heteroatoms. The Bertz CT molecular complexity index is 313. The van der Waals surface area contributed by atoms with E-state index in [0.717, 1.165) is 0 Å². The van der Waals surface area contributed by atoms with E-state index in [1.54, 1.807) is 19.1 Å². The van der Waals surface area contributed by atoms with Crippen LogP contribution >= 0.6 is 0 Å². The zero-order valence-corrected chi connectivity index (χ0v) is 9.52. The van der Waals surface area contributed by atoms with Crippen molar-refractivity contribution in [1.29, 1.82) is 0 Å². The predicted octanol–water partition coefficient (Wildman–Crippen LogP) is 1.22. The van der Waals surface area contributed by atoms with Gasteiger partial charge in [0.1, 0.15) is 5.82 Å². The van der Waals surface area contributed by atoms with Crippen molar-refractivity contribution >= 4 is 0 Å². The molecule has 1 aromatic rings. The van der Waals surface area contributed by atoms with Gasteiger partial charge in [0, 0.05) is 12.6 Å². The standard InChI is InChI=1S/C12H18FNO2/c1-8(15)7-14-9(2)12(16)10-3-5-11(13)6-4-10/h3-6,8-9,12,14-16H,7H2,1-2H3. The minimum atomic E-state index is -0.709. The molecule has 0 amide bonds. The van der Waals surface area contributed by atoms with Crippen LogP contribution in [0, 0.1) is 5.82 Å². The first kappa shape index (κ1) is 13.1. The number of aliphatic hydroxyl groups excluding tert-OH is 2. The lowest BCUT2D eigenvalue weighted by Gasteiger charge is -2.21. The number of benzene rings is 1. The second kappa shape index (κ2) is 5.94. The molecule has 90 valence electrons. The van der Waals surface area contributed by atoms with Gasteiger partial charge in [0.2, 0.25) is 0 Å². The number of hydrogen-bond donors (Lipinski definition) is 3. The number of aliphatic hydroxyl groups is 2. The van der Waals surface area contributed by atoms with E-state index in [2.05, 4.69) is 5.32 Å². The molecule has 3 atom stereocenters. The lowest BCUT2D eigenvalue weighted by molar-refractivity contribution is 0.121. The van der Waals surface area contributed by atoms with Gasteiger partial charge in [-0.2, -0.15) is 0 Å². The first-order valence-electron chi connectivity index (χ1n) is 5.35. The van der Waals surface area contributed by atoms with Crippen molar-refractivity contribution in [2.75, 3.05) is 6.54 Å². The highest BCUT2D eigenvalue weighted by Gasteiger charge is 2.16. The van der Waals surface area contributed by atoms with Gasteiger partial charge in [-0.3, -0.25) is 0 Å². The van der Waals surface area contributed by atoms with Crippen molar-refractivity contribution in [1.82, 2.24) is 5.32 Å². The van der Waals surface area contributed by atoms with Gasteiger partial charge < -0.3 is 15.5 Å². The molecule has 3 nitrogen and oxygen atoms in total. The van der Waals surface area contributed by atoms with Crippen molar-refractivity contribution in [2.24, 2.45) is 0 Å². The fraction of sp³-hybridized carbons (Fsp3) is 0.500. The molecule has 0 saturated heterocycles. The molecule has 0 radical (unpaired) electrons. The molecule has 0 fully saturated rings. The van der Waals surface area contributed by atoms with Crippen LogP contribution in [0.15, 0.2) is 24.3 Å². The van der Waals surface area contributed by atoms with Gasteiger partial charge in [0.05, 0.1) is 12.2 Å². The average molecular weight is 227 g/mol. The summed E-state index contributed by atoms with van der Waals surface area (Å²) in [5.41, 5.74) is 0.659. The fourth-order valence-electron chi connectivity index (χ4n) is 1.42. The zero-order valence-electron chi connectivity index (χ0n) is 9.52. The molecule has 1 aromatic carbocycles. The maximum Gasteiger partial charge on any atom is 0.123 e. The zero-order chi connectivity index (χ0) is 12.1. The maximum absolute atomic E-state index is 12.7. The monoisotopic (exact) mass is 227 g/mol. The van der Waals surface area contributed by atoms with E-state index >= 15 is 0 Å². The van der Waals surface area contributed by atoms with Crippen LogP contribution < -0.4 is 5.32 Å². The Hall–Kier alpha value is -0.970. The van der Waals surface area contributed by atoms with Crippen LogP contribution in [0.1, 0.15) is 25.5 Å². The van der Waals surface area contributed by atoms with E-state index in [1.165, 1.54) is 12.1 Å². The van der Waals surface area contributed by atoms with Crippen LogP contribution in [-0.4, -0.2) is 28.9 Å². The number of nitrogens with one attached hydrogen (secondary N) is 1. The molecule has 1 rings (SSSR count). The summed E-state index contributed by atoms with van der Waals surface area (Å²) >= 11 is 0. The normalized spacial score (nSPS) is 16.8. The Kier molecular flexibility index (Phi) is 4.86. The van der Waals surface area contributed by atoms with E-state index in [1.807, 2.05) is 6.92 Å². The molecule has 0 bridgehead atoms. The third kappa shape index (κ3) is 3.89. The van der Waals surface area contributed by atoms with Crippen LogP contribution in [0.4, 0.5) is 4.39 Å². The van der Waals surface area contributed by atoms with E-state index in [4.69, 9.17) is 5.11 Å². The number of hydrogen-bond acceptors (Lipinski definition) is 3. The first-order valence-corrected chi connectivity index (χ1v) is 5.35. The molecule has 3 N–H and O–H groups in total. The van der Waals surface area contributed by atoms with Gasteiger partial charge in [-0.15, -0.1) is 0 Å². The molecular weight excluding hydrogens is 209 g/mol. The van der Waals surface area contributed by atoms with Gasteiger partial charge in [-0.1, -0.05) is 12.1 Å². The molecule has 3 unspecified atom stereocenters. The van der Waals surface area contributed by atoms with Crippen LogP contribution in [0.5, 0.6) is 0 Å². The summed E-state index contributed by atoms with van der Waals surface area (Å²) in [6, 6.07) is 5.56. The van der Waals surface area contributed by atoms with Crippen LogP contribution in [0.25, 0.3) is 0 Å². The Balaban J connectivity index is 2.56. The summed E-state index contributed by atoms with van der Waals surface area (Å²) in [6.45, 7) is 3.90. The molecule has 0 aliphatic heterocycles. The van der Waals surface area contributed by atoms with Crippen molar-refractivity contribution in [3.8, 4) is 0 Å². The van der Waals surface area contributed by atoms with Crippen LogP contribution in [0.2, 0.25) is 0 Å². The molecule has 0 spiro atoms. The third-order valence-corrected chi connectivity index (χ3v) is 2.42. The van der Waals surface area contributed by atoms with Crippen LogP contribution in [-0.2, 0) is 0 Å². The fourth-order valence-corrected chi connectivity index (χ4v) is 1.42. The number of halogens is 1. The van der Waals surface area contributed by atoms with Gasteiger partial charge in [0.15, 0.2) is 0 Å². The summed E-state index contributed by atoms with van der Waals surface area (Å²) in [6.07, 6.45) is -1.16. The Morgan fingerprint density at radius 1 is 1.19 bits per heavy atom. The largest absolute Gasteiger partial charge is 0.392 e. The Morgan fingerprint density at radius 2 is 1.75 bits per heavy atom. The topological polar surface area (TPSA) is 52.5 Å². The van der Waals surface area contributed by atoms with Crippen LogP contribution in [0.3, 0.4) is 0 Å². The summed E-state index contributed by atoms with van der Waals surface area (Å²) in [5, 5.41) is 22.0. The minimum Gasteiger partial charge on any atom is -0.392 e. The summed E-state index contributed by atoms with van der Waals surface area (Å²) in [7, 11) is 0. The van der Waals surface area contributed by atoms with Crippen molar-refractivity contribution in [3.63, 3.8) is 0 Å². The molecule has 16 heavy (non-hydrogen) atoms. The van der Waals surface area contributed by atoms with Crippen molar-refractivity contribution in [2.45, 2.75) is 32.1 Å². The maximum atomic E-state index is 12.7. The highest BCUT2D eigenvalue weighted by atomic mass is 19.1. The molecule has 0 heterocycles. The lowest BCUT2D eigenvalue weighted by Crippen LogP contribution is -2.36. The van der Waals surface area contributed by atoms with Crippen molar-refractivity contribution < 1.29 is 14.6 Å². The van der Waals surface area contributed by atoms with Gasteiger partial charge in [0.25, 0.3) is 0 Å². The van der Waals surface area contributed by atoms with E-state index in [-0.39, 0.29) is 11.9 Å². The molecular formula is C12H18FNO2. The van der Waals surface area contributed by atoms with E-state index in [9.17, 15) is 9.50 Å². The lowest BCUT2D eigenvalue weighted by atomic mass is 10.0. The quantitative estimate of drug-likeness (QED) is 0.709. The third-order valence-electron chi connectivity index (χ3n) is 2.42. The summed E-state index contributed by atoms with van der Waals surface area (Å²) in [5.74, 6) is -0.319. The molecule has 0 aromatic heterocycles. The second-order valence-electron chi connectivity index (χ2n) is 4.04. The molecule has 0 aliphatic rings. The molecule has 0 aliphatic carbocycles. The SMILES string of the molecule is CC(O)CNC(C)C(O)c1ccc(F)cc1. The smallest absolute Gasteiger partial charge is 0.123 e. The Morgan fingerprint density at radius 3 is 2.25 bits per heavy atom.